The molecule has 1 N–H and O–H groups in total. The second-order valence-electron chi connectivity index (χ2n) is 7.62. The lowest BCUT2D eigenvalue weighted by molar-refractivity contribution is -0.140. The van der Waals surface area contributed by atoms with Crippen LogP contribution < -0.4 is 5.32 Å². The Balaban J connectivity index is 1.76. The summed E-state index contributed by atoms with van der Waals surface area (Å²) in [6.07, 6.45) is 4.53. The molecule has 1 saturated carbocycles. The van der Waals surface area contributed by atoms with Gasteiger partial charge in [-0.2, -0.15) is 0 Å². The van der Waals surface area contributed by atoms with Crippen molar-refractivity contribution in [2.75, 3.05) is 0 Å². The Hall–Kier alpha value is -1.85. The first-order valence-corrected chi connectivity index (χ1v) is 11.2. The van der Waals surface area contributed by atoms with Gasteiger partial charge in [-0.25, -0.2) is 0 Å². The van der Waals surface area contributed by atoms with Gasteiger partial charge in [0.25, 0.3) is 0 Å². The highest BCUT2D eigenvalue weighted by atomic mass is 79.9. The summed E-state index contributed by atoms with van der Waals surface area (Å²) in [5.41, 5.74) is 1.82. The lowest BCUT2D eigenvalue weighted by Crippen LogP contribution is -2.50. The maximum absolute atomic E-state index is 13.2. The van der Waals surface area contributed by atoms with Crippen molar-refractivity contribution in [2.24, 2.45) is 0 Å². The Morgan fingerprint density at radius 2 is 1.83 bits per heavy atom. The van der Waals surface area contributed by atoms with Crippen LogP contribution in [0, 0.1) is 0 Å². The molecule has 3 rings (SSSR count). The van der Waals surface area contributed by atoms with E-state index in [2.05, 4.69) is 21.2 Å². The number of hydrogen-bond donors (Lipinski definition) is 1. The van der Waals surface area contributed by atoms with Crippen LogP contribution in [-0.2, 0) is 22.6 Å². The van der Waals surface area contributed by atoms with Crippen LogP contribution in [0.1, 0.15) is 43.7 Å². The Bertz CT molecular complexity index is 850. The smallest absolute Gasteiger partial charge is 0.242 e. The van der Waals surface area contributed by atoms with Gasteiger partial charge in [0.15, 0.2) is 0 Å². The molecule has 2 aromatic carbocycles. The first kappa shape index (κ1) is 21.8. The van der Waals surface area contributed by atoms with Gasteiger partial charge in [0.1, 0.15) is 6.04 Å². The Labute approximate surface area is 185 Å². The van der Waals surface area contributed by atoms with Gasteiger partial charge in [-0.15, -0.1) is 0 Å². The van der Waals surface area contributed by atoms with Crippen LogP contribution in [0.2, 0.25) is 5.02 Å². The molecule has 1 aliphatic rings. The van der Waals surface area contributed by atoms with Gasteiger partial charge in [-0.05, 0) is 55.2 Å². The average molecular weight is 478 g/mol. The minimum atomic E-state index is -0.550. The van der Waals surface area contributed by atoms with Crippen LogP contribution in [0.25, 0.3) is 0 Å². The van der Waals surface area contributed by atoms with E-state index in [4.69, 9.17) is 11.6 Å². The molecular formula is C23H26BrClN2O2. The first-order valence-electron chi connectivity index (χ1n) is 10.0. The molecule has 0 radical (unpaired) electrons. The van der Waals surface area contributed by atoms with Crippen molar-refractivity contribution in [3.05, 3.63) is 69.2 Å². The molecule has 1 unspecified atom stereocenters. The van der Waals surface area contributed by atoms with E-state index >= 15 is 0 Å². The van der Waals surface area contributed by atoms with Crippen molar-refractivity contribution in [1.29, 1.82) is 0 Å². The number of hydrogen-bond acceptors (Lipinski definition) is 2. The number of benzene rings is 2. The third kappa shape index (κ3) is 6.31. The SMILES string of the molecule is CC(C(=O)NC1CCCC1)N(Cc1ccc(Br)cc1)C(=O)Cc1cccc(Cl)c1. The molecule has 29 heavy (non-hydrogen) atoms. The fourth-order valence-electron chi connectivity index (χ4n) is 3.68. The van der Waals surface area contributed by atoms with E-state index in [0.29, 0.717) is 11.6 Å². The number of halogens is 2. The summed E-state index contributed by atoms with van der Waals surface area (Å²) in [5.74, 6) is -0.183. The third-order valence-electron chi connectivity index (χ3n) is 5.38. The lowest BCUT2D eigenvalue weighted by Gasteiger charge is -2.30. The van der Waals surface area contributed by atoms with Gasteiger partial charge in [-0.3, -0.25) is 9.59 Å². The monoisotopic (exact) mass is 476 g/mol. The van der Waals surface area contributed by atoms with E-state index < -0.39 is 6.04 Å². The van der Waals surface area contributed by atoms with Crippen molar-refractivity contribution < 1.29 is 9.59 Å². The number of carbonyl (C=O) groups is 2. The predicted octanol–water partition coefficient (Wildman–Crippen LogP) is 5.12. The molecule has 0 heterocycles. The maximum atomic E-state index is 13.2. The maximum Gasteiger partial charge on any atom is 0.242 e. The highest BCUT2D eigenvalue weighted by Gasteiger charge is 2.28. The summed E-state index contributed by atoms with van der Waals surface area (Å²) in [6, 6.07) is 14.8. The van der Waals surface area contributed by atoms with Gasteiger partial charge in [0, 0.05) is 22.1 Å². The van der Waals surface area contributed by atoms with E-state index in [-0.39, 0.29) is 24.3 Å². The van der Waals surface area contributed by atoms with Crippen LogP contribution in [-0.4, -0.2) is 28.8 Å². The summed E-state index contributed by atoms with van der Waals surface area (Å²) >= 11 is 9.50. The Morgan fingerprint density at radius 1 is 1.14 bits per heavy atom. The molecule has 1 aliphatic carbocycles. The highest BCUT2D eigenvalue weighted by molar-refractivity contribution is 9.10. The van der Waals surface area contributed by atoms with E-state index in [1.165, 1.54) is 0 Å². The van der Waals surface area contributed by atoms with Gasteiger partial charge < -0.3 is 10.2 Å². The molecule has 2 amide bonds. The summed E-state index contributed by atoms with van der Waals surface area (Å²) in [4.78, 5) is 27.7. The summed E-state index contributed by atoms with van der Waals surface area (Å²) in [6.45, 7) is 2.19. The molecule has 0 spiro atoms. The van der Waals surface area contributed by atoms with E-state index in [1.807, 2.05) is 36.4 Å². The van der Waals surface area contributed by atoms with Gasteiger partial charge in [-0.1, -0.05) is 64.6 Å². The van der Waals surface area contributed by atoms with Gasteiger partial charge >= 0.3 is 0 Å². The fourth-order valence-corrected chi connectivity index (χ4v) is 4.16. The van der Waals surface area contributed by atoms with Crippen LogP contribution >= 0.6 is 27.5 Å². The van der Waals surface area contributed by atoms with E-state index in [1.54, 1.807) is 24.0 Å². The number of amides is 2. The van der Waals surface area contributed by atoms with Crippen molar-refractivity contribution in [3.8, 4) is 0 Å². The summed E-state index contributed by atoms with van der Waals surface area (Å²) < 4.78 is 0.977. The number of nitrogens with one attached hydrogen (secondary N) is 1. The Morgan fingerprint density at radius 3 is 2.48 bits per heavy atom. The fraction of sp³-hybridized carbons (Fsp3) is 0.391. The molecule has 1 atom stereocenters. The topological polar surface area (TPSA) is 49.4 Å². The zero-order valence-electron chi connectivity index (χ0n) is 16.5. The molecule has 0 aliphatic heterocycles. The molecule has 0 bridgehead atoms. The normalized spacial score (nSPS) is 15.1. The molecular weight excluding hydrogens is 452 g/mol. The largest absolute Gasteiger partial charge is 0.352 e. The van der Waals surface area contributed by atoms with E-state index in [0.717, 1.165) is 41.3 Å². The van der Waals surface area contributed by atoms with Crippen molar-refractivity contribution >= 4 is 39.3 Å². The molecule has 0 saturated heterocycles. The number of carbonyl (C=O) groups excluding carboxylic acids is 2. The second-order valence-corrected chi connectivity index (χ2v) is 8.97. The predicted molar refractivity (Wildman–Crippen MR) is 120 cm³/mol. The molecule has 4 nitrogen and oxygen atoms in total. The quantitative estimate of drug-likeness (QED) is 0.601. The molecule has 0 aromatic heterocycles. The van der Waals surface area contributed by atoms with Crippen LogP contribution in [0.3, 0.4) is 0 Å². The van der Waals surface area contributed by atoms with E-state index in [9.17, 15) is 9.59 Å². The van der Waals surface area contributed by atoms with Crippen LogP contribution in [0.4, 0.5) is 0 Å². The summed E-state index contributed by atoms with van der Waals surface area (Å²) in [7, 11) is 0. The summed E-state index contributed by atoms with van der Waals surface area (Å²) in [5, 5.41) is 3.72. The zero-order valence-corrected chi connectivity index (χ0v) is 18.9. The van der Waals surface area contributed by atoms with Gasteiger partial charge in [0.05, 0.1) is 6.42 Å². The third-order valence-corrected chi connectivity index (χ3v) is 6.14. The molecule has 1 fully saturated rings. The number of nitrogens with zero attached hydrogens (tertiary/aromatic N) is 1. The van der Waals surface area contributed by atoms with Gasteiger partial charge in [0.2, 0.25) is 11.8 Å². The van der Waals surface area contributed by atoms with Crippen LogP contribution in [0.15, 0.2) is 53.0 Å². The number of rotatable bonds is 7. The standard InChI is InChI=1S/C23H26BrClN2O2/c1-16(23(29)26-21-7-2-3-8-21)27(15-17-9-11-19(24)12-10-17)22(28)14-18-5-4-6-20(25)13-18/h4-6,9-13,16,21H,2-3,7-8,14-15H2,1H3,(H,26,29). The lowest BCUT2D eigenvalue weighted by atomic mass is 10.1. The van der Waals surface area contributed by atoms with Crippen molar-refractivity contribution in [1.82, 2.24) is 10.2 Å². The molecule has 6 heteroatoms. The first-order chi connectivity index (χ1) is 13.9. The zero-order chi connectivity index (χ0) is 20.8. The van der Waals surface area contributed by atoms with Crippen molar-refractivity contribution in [2.45, 2.75) is 57.7 Å². The van der Waals surface area contributed by atoms with Crippen LogP contribution in [0.5, 0.6) is 0 Å². The highest BCUT2D eigenvalue weighted by Crippen LogP contribution is 2.20. The van der Waals surface area contributed by atoms with Crippen molar-refractivity contribution in [3.63, 3.8) is 0 Å². The minimum Gasteiger partial charge on any atom is -0.352 e. The second kappa shape index (κ2) is 10.3. The Kier molecular flexibility index (Phi) is 7.73. The minimum absolute atomic E-state index is 0.0894. The average Bonchev–Trinajstić information content (AvgIpc) is 3.20. The molecule has 2 aromatic rings. The molecule has 154 valence electrons.